The Morgan fingerprint density at radius 1 is 0.974 bits per heavy atom. The Kier molecular flexibility index (Phi) is 9.17. The number of benzene rings is 3. The highest BCUT2D eigenvalue weighted by Gasteiger charge is 2.34. The minimum absolute atomic E-state index is 0.141. The molecule has 0 spiro atoms. The molecular formula is C30H33N3O6. The monoisotopic (exact) mass is 531 g/mol. The molecule has 1 saturated heterocycles. The first-order valence-corrected chi connectivity index (χ1v) is 12.8. The molecule has 2 unspecified atom stereocenters. The maximum absolute atomic E-state index is 13.4. The lowest BCUT2D eigenvalue weighted by atomic mass is 9.98. The zero-order valence-corrected chi connectivity index (χ0v) is 22.1. The fourth-order valence-corrected chi connectivity index (χ4v) is 4.61. The topological polar surface area (TPSA) is 108 Å². The van der Waals surface area contributed by atoms with Crippen LogP contribution in [0.5, 0.6) is 5.75 Å². The summed E-state index contributed by atoms with van der Waals surface area (Å²) >= 11 is 0. The maximum Gasteiger partial charge on any atom is 0.410 e. The van der Waals surface area contributed by atoms with Crippen molar-refractivity contribution in [2.24, 2.45) is 0 Å². The van der Waals surface area contributed by atoms with Crippen LogP contribution < -0.4 is 10.1 Å². The third-order valence-corrected chi connectivity index (χ3v) is 6.84. The lowest BCUT2D eigenvalue weighted by molar-refractivity contribution is -0.138. The Morgan fingerprint density at radius 2 is 1.67 bits per heavy atom. The summed E-state index contributed by atoms with van der Waals surface area (Å²) in [5.41, 5.74) is 3.37. The number of amides is 2. The van der Waals surface area contributed by atoms with Gasteiger partial charge in [0.15, 0.2) is 0 Å². The number of para-hydroxylation sites is 1. The molecule has 2 N–H and O–H groups in total. The SMILES string of the molecule is COc1ccccc1-c1ccc(C(CC(=O)O)NC(=O)C2CN(C(=O)OCc3ccccc3)CCN2C)cc1. The third kappa shape index (κ3) is 7.14. The minimum atomic E-state index is -1.03. The van der Waals surface area contributed by atoms with Crippen molar-refractivity contribution in [1.29, 1.82) is 0 Å². The zero-order valence-electron chi connectivity index (χ0n) is 22.1. The van der Waals surface area contributed by atoms with E-state index in [0.717, 1.165) is 22.4 Å². The number of carbonyl (C=O) groups is 3. The molecule has 9 heteroatoms. The minimum Gasteiger partial charge on any atom is -0.496 e. The van der Waals surface area contributed by atoms with Crippen LogP contribution in [0, 0.1) is 0 Å². The van der Waals surface area contributed by atoms with Crippen molar-refractivity contribution in [3.8, 4) is 16.9 Å². The van der Waals surface area contributed by atoms with Crippen LogP contribution in [0.25, 0.3) is 11.1 Å². The number of hydrogen-bond acceptors (Lipinski definition) is 6. The number of methoxy groups -OCH3 is 1. The van der Waals surface area contributed by atoms with Gasteiger partial charge in [0, 0.05) is 25.2 Å². The van der Waals surface area contributed by atoms with E-state index in [2.05, 4.69) is 5.32 Å². The van der Waals surface area contributed by atoms with Gasteiger partial charge in [0.1, 0.15) is 18.4 Å². The molecule has 3 aromatic carbocycles. The number of rotatable bonds is 9. The fraction of sp³-hybridized carbons (Fsp3) is 0.300. The summed E-state index contributed by atoms with van der Waals surface area (Å²) in [6.45, 7) is 1.20. The van der Waals surface area contributed by atoms with E-state index in [-0.39, 0.29) is 25.5 Å². The number of carboxylic acid groups (broad SMARTS) is 1. The first kappa shape index (κ1) is 27.7. The average molecular weight is 532 g/mol. The number of nitrogens with one attached hydrogen (secondary N) is 1. The van der Waals surface area contributed by atoms with Crippen LogP contribution in [0.15, 0.2) is 78.9 Å². The van der Waals surface area contributed by atoms with E-state index in [1.807, 2.05) is 90.8 Å². The van der Waals surface area contributed by atoms with Crippen molar-refractivity contribution in [1.82, 2.24) is 15.1 Å². The molecular weight excluding hydrogens is 498 g/mol. The van der Waals surface area contributed by atoms with E-state index in [1.165, 1.54) is 4.90 Å². The van der Waals surface area contributed by atoms with Crippen LogP contribution in [0.3, 0.4) is 0 Å². The lowest BCUT2D eigenvalue weighted by Crippen LogP contribution is -2.59. The number of nitrogens with zero attached hydrogens (tertiary/aromatic N) is 2. The second-order valence-corrected chi connectivity index (χ2v) is 9.46. The Balaban J connectivity index is 1.43. The van der Waals surface area contributed by atoms with Gasteiger partial charge in [-0.25, -0.2) is 4.79 Å². The van der Waals surface area contributed by atoms with Crippen molar-refractivity contribution in [3.63, 3.8) is 0 Å². The van der Waals surface area contributed by atoms with Gasteiger partial charge < -0.3 is 24.8 Å². The van der Waals surface area contributed by atoms with Gasteiger partial charge in [-0.05, 0) is 29.8 Å². The van der Waals surface area contributed by atoms with Gasteiger partial charge in [0.05, 0.1) is 19.6 Å². The fourth-order valence-electron chi connectivity index (χ4n) is 4.61. The highest BCUT2D eigenvalue weighted by Crippen LogP contribution is 2.31. The van der Waals surface area contributed by atoms with E-state index in [9.17, 15) is 19.5 Å². The molecule has 1 heterocycles. The standard InChI is InChI=1S/C30H33N3O6/c1-32-16-17-33(30(37)39-20-21-8-4-3-5-9-21)19-26(32)29(36)31-25(18-28(34)35)23-14-12-22(13-15-23)24-10-6-7-11-27(24)38-2/h3-15,25-26H,16-20H2,1-2H3,(H,31,36)(H,34,35). The first-order valence-electron chi connectivity index (χ1n) is 12.8. The van der Waals surface area contributed by atoms with Crippen molar-refractivity contribution in [2.45, 2.75) is 25.1 Å². The summed E-state index contributed by atoms with van der Waals surface area (Å²) < 4.78 is 10.9. The third-order valence-electron chi connectivity index (χ3n) is 6.84. The maximum atomic E-state index is 13.4. The van der Waals surface area contributed by atoms with Crippen molar-refractivity contribution < 1.29 is 29.0 Å². The normalized spacial score (nSPS) is 16.3. The van der Waals surface area contributed by atoms with E-state index in [4.69, 9.17) is 9.47 Å². The van der Waals surface area contributed by atoms with Crippen molar-refractivity contribution >= 4 is 18.0 Å². The molecule has 0 saturated carbocycles. The second kappa shape index (κ2) is 12.9. The zero-order chi connectivity index (χ0) is 27.8. The quantitative estimate of drug-likeness (QED) is 0.431. The van der Waals surface area contributed by atoms with Crippen LogP contribution in [-0.2, 0) is 20.9 Å². The largest absolute Gasteiger partial charge is 0.496 e. The smallest absolute Gasteiger partial charge is 0.410 e. The van der Waals surface area contributed by atoms with Gasteiger partial charge in [-0.2, -0.15) is 0 Å². The molecule has 0 bridgehead atoms. The summed E-state index contributed by atoms with van der Waals surface area (Å²) in [5.74, 6) is -0.650. The molecule has 3 aromatic rings. The van der Waals surface area contributed by atoms with E-state index < -0.39 is 24.1 Å². The van der Waals surface area contributed by atoms with Crippen molar-refractivity contribution in [2.75, 3.05) is 33.8 Å². The van der Waals surface area contributed by atoms with Gasteiger partial charge in [0.2, 0.25) is 5.91 Å². The molecule has 204 valence electrons. The van der Waals surface area contributed by atoms with E-state index in [0.29, 0.717) is 18.7 Å². The highest BCUT2D eigenvalue weighted by molar-refractivity contribution is 5.84. The van der Waals surface area contributed by atoms with Crippen LogP contribution in [0.2, 0.25) is 0 Å². The van der Waals surface area contributed by atoms with Crippen molar-refractivity contribution in [3.05, 3.63) is 90.0 Å². The number of hydrogen-bond donors (Lipinski definition) is 2. The number of piperazine rings is 1. The summed E-state index contributed by atoms with van der Waals surface area (Å²) in [6, 6.07) is 23.0. The summed E-state index contributed by atoms with van der Waals surface area (Å²) in [4.78, 5) is 41.1. The summed E-state index contributed by atoms with van der Waals surface area (Å²) in [6.07, 6.45) is -0.766. The number of ether oxygens (including phenoxy) is 2. The van der Waals surface area contributed by atoms with Gasteiger partial charge >= 0.3 is 12.1 Å². The molecule has 0 radical (unpaired) electrons. The molecule has 1 aliphatic heterocycles. The molecule has 0 aromatic heterocycles. The van der Waals surface area contributed by atoms with Gasteiger partial charge in [-0.15, -0.1) is 0 Å². The molecule has 0 aliphatic carbocycles. The lowest BCUT2D eigenvalue weighted by Gasteiger charge is -2.38. The number of likely N-dealkylation sites (N-methyl/N-ethyl adjacent to an activating group) is 1. The predicted molar refractivity (Wildman–Crippen MR) is 146 cm³/mol. The Morgan fingerprint density at radius 3 is 2.36 bits per heavy atom. The molecule has 1 aliphatic rings. The molecule has 9 nitrogen and oxygen atoms in total. The van der Waals surface area contributed by atoms with Crippen LogP contribution >= 0.6 is 0 Å². The number of carbonyl (C=O) groups excluding carboxylic acids is 2. The van der Waals surface area contributed by atoms with E-state index >= 15 is 0 Å². The molecule has 2 amide bonds. The summed E-state index contributed by atoms with van der Waals surface area (Å²) in [5, 5.41) is 12.4. The first-order chi connectivity index (χ1) is 18.9. The molecule has 39 heavy (non-hydrogen) atoms. The van der Waals surface area contributed by atoms with Gasteiger partial charge in [-0.3, -0.25) is 14.5 Å². The molecule has 1 fully saturated rings. The molecule has 2 atom stereocenters. The highest BCUT2D eigenvalue weighted by atomic mass is 16.6. The predicted octanol–water partition coefficient (Wildman–Crippen LogP) is 3.95. The van der Waals surface area contributed by atoms with Gasteiger partial charge in [0.25, 0.3) is 0 Å². The van der Waals surface area contributed by atoms with E-state index in [1.54, 1.807) is 7.11 Å². The van der Waals surface area contributed by atoms with Crippen LogP contribution in [-0.4, -0.2) is 72.7 Å². The Hall–Kier alpha value is -4.37. The van der Waals surface area contributed by atoms with Crippen LogP contribution in [0.4, 0.5) is 4.79 Å². The Bertz CT molecular complexity index is 1280. The summed E-state index contributed by atoms with van der Waals surface area (Å²) in [7, 11) is 3.42. The second-order valence-electron chi connectivity index (χ2n) is 9.46. The Labute approximate surface area is 227 Å². The van der Waals surface area contributed by atoms with Crippen LogP contribution in [0.1, 0.15) is 23.6 Å². The average Bonchev–Trinajstić information content (AvgIpc) is 2.96. The molecule has 4 rings (SSSR count). The number of carboxylic acids is 1. The van der Waals surface area contributed by atoms with Gasteiger partial charge in [-0.1, -0.05) is 72.8 Å². The number of aliphatic carboxylic acids is 1.